The maximum absolute atomic E-state index is 5.66. The molecular weight excluding hydrogens is 200 g/mol. The SMILES string of the molecule is Cc1cnc(CCC2CCC(C)OC2)nc1. The molecule has 0 bridgehead atoms. The van der Waals surface area contributed by atoms with E-state index in [1.54, 1.807) is 0 Å². The van der Waals surface area contributed by atoms with Gasteiger partial charge < -0.3 is 4.74 Å². The lowest BCUT2D eigenvalue weighted by molar-refractivity contribution is -0.00705. The van der Waals surface area contributed by atoms with Crippen molar-refractivity contribution in [2.24, 2.45) is 5.92 Å². The number of hydrogen-bond acceptors (Lipinski definition) is 3. The summed E-state index contributed by atoms with van der Waals surface area (Å²) in [6.45, 7) is 5.08. The monoisotopic (exact) mass is 220 g/mol. The Labute approximate surface area is 97.3 Å². The average molecular weight is 220 g/mol. The molecule has 3 nitrogen and oxygen atoms in total. The number of aromatic nitrogens is 2. The Morgan fingerprint density at radius 2 is 2.06 bits per heavy atom. The molecule has 2 unspecified atom stereocenters. The van der Waals surface area contributed by atoms with E-state index in [-0.39, 0.29) is 0 Å². The fraction of sp³-hybridized carbons (Fsp3) is 0.692. The van der Waals surface area contributed by atoms with Gasteiger partial charge in [-0.3, -0.25) is 0 Å². The number of aryl methyl sites for hydroxylation is 2. The molecule has 1 aliphatic heterocycles. The highest BCUT2D eigenvalue weighted by Gasteiger charge is 2.18. The van der Waals surface area contributed by atoms with E-state index >= 15 is 0 Å². The van der Waals surface area contributed by atoms with Crippen LogP contribution >= 0.6 is 0 Å². The van der Waals surface area contributed by atoms with E-state index in [2.05, 4.69) is 16.9 Å². The summed E-state index contributed by atoms with van der Waals surface area (Å²) in [7, 11) is 0. The van der Waals surface area contributed by atoms with Gasteiger partial charge in [0.25, 0.3) is 0 Å². The first-order valence-corrected chi connectivity index (χ1v) is 6.13. The molecule has 1 aromatic heterocycles. The van der Waals surface area contributed by atoms with Gasteiger partial charge in [-0.2, -0.15) is 0 Å². The lowest BCUT2D eigenvalue weighted by atomic mass is 9.94. The van der Waals surface area contributed by atoms with Crippen molar-refractivity contribution >= 4 is 0 Å². The molecule has 1 aliphatic rings. The van der Waals surface area contributed by atoms with Gasteiger partial charge in [-0.1, -0.05) is 0 Å². The van der Waals surface area contributed by atoms with Crippen molar-refractivity contribution in [1.29, 1.82) is 0 Å². The smallest absolute Gasteiger partial charge is 0.128 e. The van der Waals surface area contributed by atoms with Gasteiger partial charge >= 0.3 is 0 Å². The van der Waals surface area contributed by atoms with Crippen LogP contribution in [0.25, 0.3) is 0 Å². The molecule has 0 amide bonds. The highest BCUT2D eigenvalue weighted by molar-refractivity contribution is 5.01. The minimum Gasteiger partial charge on any atom is -0.378 e. The first kappa shape index (κ1) is 11.5. The molecular formula is C13H20N2O. The summed E-state index contributed by atoms with van der Waals surface area (Å²) in [5, 5.41) is 0. The van der Waals surface area contributed by atoms with Gasteiger partial charge in [0.15, 0.2) is 0 Å². The van der Waals surface area contributed by atoms with Crippen LogP contribution < -0.4 is 0 Å². The summed E-state index contributed by atoms with van der Waals surface area (Å²) >= 11 is 0. The normalized spacial score (nSPS) is 25.6. The largest absolute Gasteiger partial charge is 0.378 e. The third kappa shape index (κ3) is 3.27. The summed E-state index contributed by atoms with van der Waals surface area (Å²) in [5.41, 5.74) is 1.12. The van der Waals surface area contributed by atoms with Crippen LogP contribution in [0.3, 0.4) is 0 Å². The van der Waals surface area contributed by atoms with Crippen LogP contribution in [0.15, 0.2) is 12.4 Å². The molecule has 0 aliphatic carbocycles. The van der Waals surface area contributed by atoms with E-state index in [4.69, 9.17) is 4.74 Å². The summed E-state index contributed by atoms with van der Waals surface area (Å²) in [4.78, 5) is 8.65. The molecule has 2 rings (SSSR count). The van der Waals surface area contributed by atoms with E-state index in [0.29, 0.717) is 12.0 Å². The Morgan fingerprint density at radius 3 is 2.69 bits per heavy atom. The van der Waals surface area contributed by atoms with Crippen LogP contribution in [-0.4, -0.2) is 22.7 Å². The lowest BCUT2D eigenvalue weighted by Gasteiger charge is -2.26. The van der Waals surface area contributed by atoms with Gasteiger partial charge in [0.05, 0.1) is 6.10 Å². The Bertz CT molecular complexity index is 315. The molecule has 2 heterocycles. The second kappa shape index (κ2) is 5.39. The summed E-state index contributed by atoms with van der Waals surface area (Å²) in [6.07, 6.45) is 8.83. The standard InChI is InChI=1S/C13H20N2O/c1-10-7-14-13(15-8-10)6-5-12-4-3-11(2)16-9-12/h7-8,11-12H,3-6,9H2,1-2H3. The van der Waals surface area contributed by atoms with Gasteiger partial charge in [-0.05, 0) is 44.6 Å². The quantitative estimate of drug-likeness (QED) is 0.785. The van der Waals surface area contributed by atoms with E-state index in [1.807, 2.05) is 19.3 Å². The van der Waals surface area contributed by atoms with E-state index in [1.165, 1.54) is 12.8 Å². The van der Waals surface area contributed by atoms with Gasteiger partial charge in [0.1, 0.15) is 5.82 Å². The van der Waals surface area contributed by atoms with Crippen molar-refractivity contribution < 1.29 is 4.74 Å². The number of ether oxygens (including phenoxy) is 1. The maximum atomic E-state index is 5.66. The second-order valence-corrected chi connectivity index (χ2v) is 4.80. The highest BCUT2D eigenvalue weighted by atomic mass is 16.5. The fourth-order valence-corrected chi connectivity index (χ4v) is 2.05. The second-order valence-electron chi connectivity index (χ2n) is 4.80. The number of hydrogen-bond donors (Lipinski definition) is 0. The molecule has 88 valence electrons. The van der Waals surface area contributed by atoms with E-state index in [9.17, 15) is 0 Å². The summed E-state index contributed by atoms with van der Waals surface area (Å²) < 4.78 is 5.66. The molecule has 0 saturated carbocycles. The summed E-state index contributed by atoms with van der Waals surface area (Å²) in [6, 6.07) is 0. The Balaban J connectivity index is 1.77. The van der Waals surface area contributed by atoms with Crippen LogP contribution in [0, 0.1) is 12.8 Å². The zero-order valence-corrected chi connectivity index (χ0v) is 10.1. The maximum Gasteiger partial charge on any atom is 0.128 e. The van der Waals surface area contributed by atoms with Gasteiger partial charge in [-0.25, -0.2) is 9.97 Å². The molecule has 16 heavy (non-hydrogen) atoms. The first-order chi connectivity index (χ1) is 7.74. The zero-order chi connectivity index (χ0) is 11.4. The molecule has 1 fully saturated rings. The first-order valence-electron chi connectivity index (χ1n) is 6.13. The molecule has 1 saturated heterocycles. The van der Waals surface area contributed by atoms with Crippen molar-refractivity contribution in [2.75, 3.05) is 6.61 Å². The molecule has 0 spiro atoms. The Kier molecular flexibility index (Phi) is 3.88. The van der Waals surface area contributed by atoms with Crippen LogP contribution in [0.4, 0.5) is 0 Å². The van der Waals surface area contributed by atoms with Crippen molar-refractivity contribution in [2.45, 2.75) is 45.6 Å². The molecule has 2 atom stereocenters. The van der Waals surface area contributed by atoms with Crippen molar-refractivity contribution in [3.63, 3.8) is 0 Å². The van der Waals surface area contributed by atoms with Crippen molar-refractivity contribution in [3.8, 4) is 0 Å². The third-order valence-corrected chi connectivity index (χ3v) is 3.21. The third-order valence-electron chi connectivity index (χ3n) is 3.21. The lowest BCUT2D eigenvalue weighted by Crippen LogP contribution is -2.24. The van der Waals surface area contributed by atoms with Crippen molar-refractivity contribution in [1.82, 2.24) is 9.97 Å². The van der Waals surface area contributed by atoms with Gasteiger partial charge in [0.2, 0.25) is 0 Å². The molecule has 3 heteroatoms. The molecule has 0 aromatic carbocycles. The number of nitrogens with zero attached hydrogens (tertiary/aromatic N) is 2. The van der Waals surface area contributed by atoms with Crippen LogP contribution in [0.5, 0.6) is 0 Å². The minimum atomic E-state index is 0.451. The molecule has 0 N–H and O–H groups in total. The summed E-state index contributed by atoms with van der Waals surface area (Å²) in [5.74, 6) is 1.66. The van der Waals surface area contributed by atoms with Crippen LogP contribution in [0.1, 0.15) is 37.6 Å². The number of rotatable bonds is 3. The molecule has 0 radical (unpaired) electrons. The average Bonchev–Trinajstić information content (AvgIpc) is 2.30. The van der Waals surface area contributed by atoms with Crippen LogP contribution in [-0.2, 0) is 11.2 Å². The predicted octanol–water partition coefficient (Wildman–Crippen LogP) is 2.53. The predicted molar refractivity (Wildman–Crippen MR) is 63.2 cm³/mol. The topological polar surface area (TPSA) is 35.0 Å². The Hall–Kier alpha value is -0.960. The fourth-order valence-electron chi connectivity index (χ4n) is 2.05. The van der Waals surface area contributed by atoms with E-state index in [0.717, 1.165) is 30.8 Å². The minimum absolute atomic E-state index is 0.451. The van der Waals surface area contributed by atoms with Gasteiger partial charge in [0, 0.05) is 25.4 Å². The zero-order valence-electron chi connectivity index (χ0n) is 10.1. The van der Waals surface area contributed by atoms with Crippen molar-refractivity contribution in [3.05, 3.63) is 23.8 Å². The highest BCUT2D eigenvalue weighted by Crippen LogP contribution is 2.22. The Morgan fingerprint density at radius 1 is 1.31 bits per heavy atom. The molecule has 1 aromatic rings. The van der Waals surface area contributed by atoms with Gasteiger partial charge in [-0.15, -0.1) is 0 Å². The van der Waals surface area contributed by atoms with E-state index < -0.39 is 0 Å². The van der Waals surface area contributed by atoms with Crippen LogP contribution in [0.2, 0.25) is 0 Å².